The fraction of sp³-hybridized carbons (Fsp3) is 0.409. The van der Waals surface area contributed by atoms with Crippen LogP contribution in [0.25, 0.3) is 11.0 Å². The Labute approximate surface area is 195 Å². The number of pyridine rings is 1. The van der Waals surface area contributed by atoms with Gasteiger partial charge in [0.05, 0.1) is 11.0 Å². The van der Waals surface area contributed by atoms with Crippen molar-refractivity contribution in [3.8, 4) is 0 Å². The molecule has 1 aromatic carbocycles. The van der Waals surface area contributed by atoms with Gasteiger partial charge < -0.3 is 20.1 Å². The van der Waals surface area contributed by atoms with Crippen LogP contribution in [0.2, 0.25) is 0 Å². The van der Waals surface area contributed by atoms with Gasteiger partial charge in [-0.2, -0.15) is 0 Å². The van der Waals surface area contributed by atoms with Crippen LogP contribution in [0.1, 0.15) is 19.2 Å². The minimum absolute atomic E-state index is 0. The van der Waals surface area contributed by atoms with Crippen LogP contribution in [0.3, 0.4) is 0 Å². The Kier molecular flexibility index (Phi) is 8.30. The summed E-state index contributed by atoms with van der Waals surface area (Å²) in [6.07, 6.45) is 3.74. The third kappa shape index (κ3) is 5.62. The molecule has 0 radical (unpaired) electrons. The molecule has 1 aliphatic heterocycles. The van der Waals surface area contributed by atoms with Crippen LogP contribution < -0.4 is 10.2 Å². The first-order valence-electron chi connectivity index (χ1n) is 10.5. The number of para-hydroxylation sites is 2. The van der Waals surface area contributed by atoms with Crippen LogP contribution >= 0.6 is 24.0 Å². The highest BCUT2D eigenvalue weighted by Gasteiger charge is 2.20. The minimum Gasteiger partial charge on any atom is -0.357 e. The van der Waals surface area contributed by atoms with E-state index < -0.39 is 0 Å². The van der Waals surface area contributed by atoms with Gasteiger partial charge >= 0.3 is 0 Å². The Bertz CT molecular complexity index is 900. The van der Waals surface area contributed by atoms with E-state index in [0.717, 1.165) is 80.7 Å². The van der Waals surface area contributed by atoms with E-state index in [1.54, 1.807) is 0 Å². The number of aromatic nitrogens is 3. The predicted molar refractivity (Wildman–Crippen MR) is 134 cm³/mol. The SMILES string of the molecule is CCNC(=NCCCc1nc2ccccc2[nH]1)N1CCN(c2ccccn2)CC1.I. The van der Waals surface area contributed by atoms with Gasteiger partial charge in [-0.25, -0.2) is 9.97 Å². The zero-order chi connectivity index (χ0) is 19.9. The number of aliphatic imine (C=N–C) groups is 1. The Morgan fingerprint density at radius 2 is 1.90 bits per heavy atom. The molecule has 30 heavy (non-hydrogen) atoms. The highest BCUT2D eigenvalue weighted by atomic mass is 127. The van der Waals surface area contributed by atoms with Crippen molar-refractivity contribution in [3.63, 3.8) is 0 Å². The van der Waals surface area contributed by atoms with Crippen LogP contribution in [0.15, 0.2) is 53.7 Å². The van der Waals surface area contributed by atoms with E-state index in [4.69, 9.17) is 4.99 Å². The molecule has 3 aromatic rings. The fourth-order valence-corrected chi connectivity index (χ4v) is 3.67. The normalized spacial score (nSPS) is 14.6. The second kappa shape index (κ2) is 11.1. The monoisotopic (exact) mass is 519 g/mol. The molecule has 1 aliphatic rings. The number of imidazole rings is 1. The Balaban J connectivity index is 0.00000256. The first-order valence-corrected chi connectivity index (χ1v) is 10.5. The van der Waals surface area contributed by atoms with E-state index in [1.807, 2.05) is 36.5 Å². The molecule has 0 aliphatic carbocycles. The van der Waals surface area contributed by atoms with Gasteiger partial charge in [0.1, 0.15) is 11.6 Å². The minimum atomic E-state index is 0. The zero-order valence-electron chi connectivity index (χ0n) is 17.4. The largest absolute Gasteiger partial charge is 0.357 e. The Morgan fingerprint density at radius 1 is 1.10 bits per heavy atom. The van der Waals surface area contributed by atoms with E-state index in [9.17, 15) is 0 Å². The number of guanidine groups is 1. The lowest BCUT2D eigenvalue weighted by atomic mass is 10.3. The topological polar surface area (TPSA) is 72.4 Å². The average molecular weight is 519 g/mol. The van der Waals surface area contributed by atoms with Gasteiger partial charge in [-0.1, -0.05) is 18.2 Å². The van der Waals surface area contributed by atoms with Gasteiger partial charge in [0.2, 0.25) is 0 Å². The Hall–Kier alpha value is -2.36. The zero-order valence-corrected chi connectivity index (χ0v) is 19.8. The van der Waals surface area contributed by atoms with Crippen molar-refractivity contribution in [2.75, 3.05) is 44.2 Å². The molecule has 2 N–H and O–H groups in total. The van der Waals surface area contributed by atoms with Gasteiger partial charge in [-0.05, 0) is 37.6 Å². The van der Waals surface area contributed by atoms with Crippen molar-refractivity contribution < 1.29 is 0 Å². The Morgan fingerprint density at radius 3 is 2.63 bits per heavy atom. The van der Waals surface area contributed by atoms with Gasteiger partial charge in [0, 0.05) is 51.9 Å². The second-order valence-corrected chi connectivity index (χ2v) is 7.20. The van der Waals surface area contributed by atoms with Crippen molar-refractivity contribution >= 4 is 46.8 Å². The lowest BCUT2D eigenvalue weighted by Gasteiger charge is -2.37. The maximum atomic E-state index is 4.86. The molecule has 0 saturated carbocycles. The van der Waals surface area contributed by atoms with Gasteiger partial charge in [-0.15, -0.1) is 24.0 Å². The summed E-state index contributed by atoms with van der Waals surface area (Å²) in [4.78, 5) is 22.1. The molecule has 2 aromatic heterocycles. The van der Waals surface area contributed by atoms with Crippen molar-refractivity contribution in [2.24, 2.45) is 4.99 Å². The first-order chi connectivity index (χ1) is 14.3. The van der Waals surface area contributed by atoms with Gasteiger partial charge in [0.15, 0.2) is 5.96 Å². The smallest absolute Gasteiger partial charge is 0.194 e. The summed E-state index contributed by atoms with van der Waals surface area (Å²) >= 11 is 0. The van der Waals surface area contributed by atoms with Crippen molar-refractivity contribution in [2.45, 2.75) is 19.8 Å². The van der Waals surface area contributed by atoms with Gasteiger partial charge in [0.25, 0.3) is 0 Å². The van der Waals surface area contributed by atoms with Crippen LogP contribution in [-0.2, 0) is 6.42 Å². The third-order valence-corrected chi connectivity index (χ3v) is 5.16. The number of nitrogens with one attached hydrogen (secondary N) is 2. The molecular formula is C22H30IN7. The molecule has 3 heterocycles. The molecule has 0 spiro atoms. The summed E-state index contributed by atoms with van der Waals surface area (Å²) in [5.74, 6) is 3.10. The number of benzene rings is 1. The van der Waals surface area contributed by atoms with Crippen LogP contribution in [0.4, 0.5) is 5.82 Å². The highest BCUT2D eigenvalue weighted by molar-refractivity contribution is 14.0. The molecule has 0 amide bonds. The number of halogens is 1. The van der Waals surface area contributed by atoms with Crippen molar-refractivity contribution in [3.05, 3.63) is 54.5 Å². The second-order valence-electron chi connectivity index (χ2n) is 7.20. The summed E-state index contributed by atoms with van der Waals surface area (Å²) < 4.78 is 0. The molecule has 0 atom stereocenters. The number of rotatable bonds is 6. The number of hydrogen-bond acceptors (Lipinski definition) is 4. The van der Waals surface area contributed by atoms with E-state index in [1.165, 1.54) is 0 Å². The summed E-state index contributed by atoms with van der Waals surface area (Å²) in [7, 11) is 0. The number of H-pyrrole nitrogens is 1. The molecule has 4 rings (SSSR count). The van der Waals surface area contributed by atoms with Crippen molar-refractivity contribution in [1.82, 2.24) is 25.2 Å². The van der Waals surface area contributed by atoms with Crippen LogP contribution in [0, 0.1) is 0 Å². The molecule has 160 valence electrons. The third-order valence-electron chi connectivity index (χ3n) is 5.16. The molecule has 1 saturated heterocycles. The summed E-state index contributed by atoms with van der Waals surface area (Å²) in [5, 5.41) is 3.45. The average Bonchev–Trinajstić information content (AvgIpc) is 3.19. The maximum Gasteiger partial charge on any atom is 0.194 e. The molecule has 8 heteroatoms. The maximum absolute atomic E-state index is 4.86. The molecule has 1 fully saturated rings. The number of fused-ring (bicyclic) bond motifs is 1. The number of nitrogens with zero attached hydrogens (tertiary/aromatic N) is 5. The lowest BCUT2D eigenvalue weighted by Crippen LogP contribution is -2.52. The van der Waals surface area contributed by atoms with Crippen LogP contribution in [-0.4, -0.2) is 65.1 Å². The van der Waals surface area contributed by atoms with E-state index in [0.29, 0.717) is 0 Å². The fourth-order valence-electron chi connectivity index (χ4n) is 3.67. The highest BCUT2D eigenvalue weighted by Crippen LogP contribution is 2.13. The summed E-state index contributed by atoms with van der Waals surface area (Å²) in [5.41, 5.74) is 2.13. The standard InChI is InChI=1S/C22H29N7.HI/c1-2-23-22(29-16-14-28(15-17-29)21-11-5-6-12-24-21)25-13-7-10-20-26-18-8-3-4-9-19(18)27-20;/h3-6,8-9,11-12H,2,7,10,13-17H2,1H3,(H,23,25)(H,26,27);1H. The number of anilines is 1. The lowest BCUT2D eigenvalue weighted by molar-refractivity contribution is 0.371. The quantitative estimate of drug-likeness (QED) is 0.226. The van der Waals surface area contributed by atoms with Crippen LogP contribution in [0.5, 0.6) is 0 Å². The number of aryl methyl sites for hydroxylation is 1. The molecule has 0 bridgehead atoms. The molecule has 7 nitrogen and oxygen atoms in total. The molecule has 0 unspecified atom stereocenters. The molecular weight excluding hydrogens is 489 g/mol. The number of aromatic amines is 1. The van der Waals surface area contributed by atoms with Crippen molar-refractivity contribution in [1.29, 1.82) is 0 Å². The first kappa shape index (κ1) is 22.3. The predicted octanol–water partition coefficient (Wildman–Crippen LogP) is 3.30. The van der Waals surface area contributed by atoms with Gasteiger partial charge in [-0.3, -0.25) is 4.99 Å². The number of piperazine rings is 1. The van der Waals surface area contributed by atoms with E-state index in [-0.39, 0.29) is 24.0 Å². The van der Waals surface area contributed by atoms with E-state index >= 15 is 0 Å². The summed E-state index contributed by atoms with van der Waals surface area (Å²) in [6, 6.07) is 14.2. The van der Waals surface area contributed by atoms with E-state index in [2.05, 4.69) is 49.1 Å². The number of hydrogen-bond donors (Lipinski definition) is 2. The summed E-state index contributed by atoms with van der Waals surface area (Å²) in [6.45, 7) is 7.61.